The predicted octanol–water partition coefficient (Wildman–Crippen LogP) is 4.71. The molecule has 4 aromatic rings. The molecule has 7 heteroatoms. The molecule has 0 saturated carbocycles. The molecule has 0 aliphatic carbocycles. The normalized spacial score (nSPS) is 11.8. The van der Waals surface area contributed by atoms with Crippen LogP contribution < -0.4 is 10.2 Å². The highest BCUT2D eigenvalue weighted by molar-refractivity contribution is 7.20. The molecule has 29 heavy (non-hydrogen) atoms. The first kappa shape index (κ1) is 18.6. The molecule has 0 radical (unpaired) electrons. The molecule has 0 spiro atoms. The van der Waals surface area contributed by atoms with Gasteiger partial charge in [-0.15, -0.1) is 11.3 Å². The van der Waals surface area contributed by atoms with Gasteiger partial charge in [0.1, 0.15) is 0 Å². The number of ether oxygens (including phenoxy) is 1. The van der Waals surface area contributed by atoms with Crippen molar-refractivity contribution in [2.45, 2.75) is 0 Å². The van der Waals surface area contributed by atoms with Crippen molar-refractivity contribution >= 4 is 39.3 Å². The lowest BCUT2D eigenvalue weighted by Gasteiger charge is -2.04. The van der Waals surface area contributed by atoms with Gasteiger partial charge in [-0.3, -0.25) is 5.43 Å². The molecule has 0 aliphatic rings. The van der Waals surface area contributed by atoms with Crippen LogP contribution >= 0.6 is 11.3 Å². The number of hydrogen-bond acceptors (Lipinski definition) is 6. The zero-order valence-electron chi connectivity index (χ0n) is 15.6. The fourth-order valence-corrected chi connectivity index (χ4v) is 3.57. The first-order valence-electron chi connectivity index (χ1n) is 8.89. The topological polar surface area (TPSA) is 79.1 Å². The molecule has 144 valence electrons. The van der Waals surface area contributed by atoms with E-state index in [2.05, 4.69) is 20.5 Å². The highest BCUT2D eigenvalue weighted by atomic mass is 32.1. The summed E-state index contributed by atoms with van der Waals surface area (Å²) in [4.78, 5) is 9.35. The molecule has 0 bridgehead atoms. The van der Waals surface area contributed by atoms with Crippen LogP contribution in [0.1, 0.15) is 10.6 Å². The van der Waals surface area contributed by atoms with Crippen LogP contribution in [0.15, 0.2) is 82.9 Å². The quantitative estimate of drug-likeness (QED) is 0.288. The Bertz CT molecular complexity index is 1150. The average molecular weight is 402 g/mol. The molecular weight excluding hydrogens is 384 g/mol. The van der Waals surface area contributed by atoms with E-state index < -0.39 is 0 Å². The van der Waals surface area contributed by atoms with Gasteiger partial charge < -0.3 is 9.84 Å². The standard InChI is InChI=1S/C22H18N4O2S/c1-28-19-13-15(11-12-18(19)27)14-23-26-21(24-16-7-3-2-4-8-16)22-25-17-9-5-6-10-20(17)29-22/h2-14,27H,1H3,(H,24,26). The Kier molecular flexibility index (Phi) is 5.49. The molecular formula is C22H18N4O2S. The predicted molar refractivity (Wildman–Crippen MR) is 118 cm³/mol. The maximum atomic E-state index is 9.72. The van der Waals surface area contributed by atoms with E-state index in [0.717, 1.165) is 26.5 Å². The molecule has 6 nitrogen and oxygen atoms in total. The number of phenolic OH excluding ortho intramolecular Hbond substituents is 1. The largest absolute Gasteiger partial charge is 0.504 e. The van der Waals surface area contributed by atoms with Crippen LogP contribution in [0.3, 0.4) is 0 Å². The van der Waals surface area contributed by atoms with Crippen molar-refractivity contribution in [2.75, 3.05) is 7.11 Å². The van der Waals surface area contributed by atoms with Gasteiger partial charge in [-0.1, -0.05) is 30.3 Å². The Morgan fingerprint density at radius 2 is 1.86 bits per heavy atom. The number of fused-ring (bicyclic) bond motifs is 1. The first-order valence-corrected chi connectivity index (χ1v) is 9.70. The second-order valence-electron chi connectivity index (χ2n) is 6.08. The van der Waals surface area contributed by atoms with E-state index in [1.807, 2.05) is 54.6 Å². The van der Waals surface area contributed by atoms with Gasteiger partial charge in [0.2, 0.25) is 0 Å². The summed E-state index contributed by atoms with van der Waals surface area (Å²) < 4.78 is 6.21. The number of nitrogens with one attached hydrogen (secondary N) is 1. The summed E-state index contributed by atoms with van der Waals surface area (Å²) in [7, 11) is 1.51. The molecule has 0 unspecified atom stereocenters. The summed E-state index contributed by atoms with van der Waals surface area (Å²) in [6.07, 6.45) is 1.63. The third kappa shape index (κ3) is 4.41. The van der Waals surface area contributed by atoms with E-state index in [4.69, 9.17) is 4.74 Å². The van der Waals surface area contributed by atoms with Gasteiger partial charge in [0.25, 0.3) is 0 Å². The van der Waals surface area contributed by atoms with Gasteiger partial charge in [-0.2, -0.15) is 5.10 Å². The second kappa shape index (κ2) is 8.53. The van der Waals surface area contributed by atoms with Crippen molar-refractivity contribution < 1.29 is 9.84 Å². The number of para-hydroxylation sites is 2. The van der Waals surface area contributed by atoms with Crippen molar-refractivity contribution in [3.8, 4) is 11.5 Å². The minimum Gasteiger partial charge on any atom is -0.504 e. The van der Waals surface area contributed by atoms with E-state index >= 15 is 0 Å². The van der Waals surface area contributed by atoms with Gasteiger partial charge >= 0.3 is 0 Å². The van der Waals surface area contributed by atoms with E-state index in [9.17, 15) is 5.11 Å². The summed E-state index contributed by atoms with van der Waals surface area (Å²) in [6.45, 7) is 0. The van der Waals surface area contributed by atoms with Gasteiger partial charge in [0.05, 0.1) is 29.2 Å². The average Bonchev–Trinajstić information content (AvgIpc) is 3.19. The third-order valence-electron chi connectivity index (χ3n) is 4.08. The number of amidine groups is 1. The van der Waals surface area contributed by atoms with Crippen LogP contribution in [-0.2, 0) is 0 Å². The number of aliphatic imine (C=N–C) groups is 1. The smallest absolute Gasteiger partial charge is 0.183 e. The number of phenols is 1. The monoisotopic (exact) mass is 402 g/mol. The summed E-state index contributed by atoms with van der Waals surface area (Å²) in [6, 6.07) is 22.6. The van der Waals surface area contributed by atoms with E-state index in [1.54, 1.807) is 35.8 Å². The number of rotatable bonds is 5. The Hall–Kier alpha value is -3.71. The van der Waals surface area contributed by atoms with Gasteiger partial charge in [0.15, 0.2) is 22.3 Å². The number of aromatic nitrogens is 1. The Labute approximate surface area is 171 Å². The van der Waals surface area contributed by atoms with Crippen LogP contribution in [-0.4, -0.2) is 29.3 Å². The number of hydrazone groups is 1. The molecule has 2 N–H and O–H groups in total. The number of aromatic hydroxyl groups is 1. The molecule has 3 aromatic carbocycles. The van der Waals surface area contributed by atoms with Crippen molar-refractivity contribution in [3.05, 3.63) is 83.4 Å². The van der Waals surface area contributed by atoms with Gasteiger partial charge in [0, 0.05) is 0 Å². The summed E-state index contributed by atoms with van der Waals surface area (Å²) >= 11 is 1.55. The van der Waals surface area contributed by atoms with E-state index in [1.165, 1.54) is 7.11 Å². The van der Waals surface area contributed by atoms with Crippen molar-refractivity contribution in [2.24, 2.45) is 10.1 Å². The van der Waals surface area contributed by atoms with Gasteiger partial charge in [-0.25, -0.2) is 9.98 Å². The molecule has 1 aromatic heterocycles. The summed E-state index contributed by atoms with van der Waals surface area (Å²) in [5, 5.41) is 14.8. The Morgan fingerprint density at radius 1 is 1.07 bits per heavy atom. The SMILES string of the molecule is COc1cc(C=NNC(=Nc2ccccc2)c2nc3ccccc3s2)ccc1O. The molecule has 4 rings (SSSR count). The molecule has 0 saturated heterocycles. The second-order valence-corrected chi connectivity index (χ2v) is 7.11. The number of nitrogens with zero attached hydrogens (tertiary/aromatic N) is 3. The summed E-state index contributed by atoms with van der Waals surface area (Å²) in [5.41, 5.74) is 5.50. The lowest BCUT2D eigenvalue weighted by molar-refractivity contribution is 0.373. The number of hydrogen-bond donors (Lipinski definition) is 2. The van der Waals surface area contributed by atoms with E-state index in [-0.39, 0.29) is 5.75 Å². The summed E-state index contributed by atoms with van der Waals surface area (Å²) in [5.74, 6) is 1.02. The zero-order chi connectivity index (χ0) is 20.1. The van der Waals surface area contributed by atoms with E-state index in [0.29, 0.717) is 11.6 Å². The maximum absolute atomic E-state index is 9.72. The maximum Gasteiger partial charge on any atom is 0.183 e. The number of benzene rings is 3. The fourth-order valence-electron chi connectivity index (χ4n) is 2.67. The van der Waals surface area contributed by atoms with Crippen LogP contribution in [0.25, 0.3) is 10.2 Å². The lowest BCUT2D eigenvalue weighted by Crippen LogP contribution is -2.18. The molecule has 1 heterocycles. The lowest BCUT2D eigenvalue weighted by atomic mass is 10.2. The minimum atomic E-state index is 0.0819. The number of methoxy groups -OCH3 is 1. The highest BCUT2D eigenvalue weighted by Crippen LogP contribution is 2.26. The van der Waals surface area contributed by atoms with Gasteiger partial charge in [-0.05, 0) is 48.0 Å². The van der Waals surface area contributed by atoms with Crippen molar-refractivity contribution in [1.29, 1.82) is 0 Å². The highest BCUT2D eigenvalue weighted by Gasteiger charge is 2.10. The van der Waals surface area contributed by atoms with Crippen LogP contribution in [0.5, 0.6) is 11.5 Å². The van der Waals surface area contributed by atoms with Crippen LogP contribution in [0.4, 0.5) is 5.69 Å². The first-order chi connectivity index (χ1) is 14.2. The van der Waals surface area contributed by atoms with Crippen molar-refractivity contribution in [1.82, 2.24) is 10.4 Å². The van der Waals surface area contributed by atoms with Crippen molar-refractivity contribution in [3.63, 3.8) is 0 Å². The Balaban J connectivity index is 1.64. The van der Waals surface area contributed by atoms with Crippen LogP contribution in [0, 0.1) is 0 Å². The number of thiazole rings is 1. The molecule has 0 amide bonds. The zero-order valence-corrected chi connectivity index (χ0v) is 16.4. The van der Waals surface area contributed by atoms with Crippen LogP contribution in [0.2, 0.25) is 0 Å². The fraction of sp³-hybridized carbons (Fsp3) is 0.0455. The Morgan fingerprint density at radius 3 is 2.66 bits per heavy atom. The molecule has 0 fully saturated rings. The third-order valence-corrected chi connectivity index (χ3v) is 5.12. The molecule has 0 atom stereocenters. The molecule has 0 aliphatic heterocycles. The minimum absolute atomic E-state index is 0.0819.